The molecule has 0 bridgehead atoms. The molecule has 2 heterocycles. The number of ether oxygens (including phenoxy) is 1. The number of rotatable bonds is 1. The Balaban J connectivity index is 2.15. The molecule has 5 unspecified atom stereocenters. The van der Waals surface area contributed by atoms with Crippen LogP contribution in [0, 0.1) is 5.92 Å². The summed E-state index contributed by atoms with van der Waals surface area (Å²) in [6, 6.07) is 0.936. The lowest BCUT2D eigenvalue weighted by Gasteiger charge is -2.50. The Morgan fingerprint density at radius 1 is 1.31 bits per heavy atom. The number of nitrogens with two attached hydrogens (primary N) is 1. The van der Waals surface area contributed by atoms with E-state index < -0.39 is 0 Å². The van der Waals surface area contributed by atoms with Crippen LogP contribution in [-0.2, 0) is 4.74 Å². The zero-order valence-electron chi connectivity index (χ0n) is 11.1. The van der Waals surface area contributed by atoms with Crippen molar-refractivity contribution in [3.8, 4) is 0 Å². The van der Waals surface area contributed by atoms with E-state index in [4.69, 9.17) is 10.5 Å². The Morgan fingerprint density at radius 2 is 2.00 bits per heavy atom. The van der Waals surface area contributed by atoms with E-state index in [2.05, 4.69) is 32.6 Å². The maximum absolute atomic E-state index is 6.15. The van der Waals surface area contributed by atoms with E-state index in [1.54, 1.807) is 0 Å². The number of piperidine rings is 1. The van der Waals surface area contributed by atoms with Crippen LogP contribution in [0.1, 0.15) is 40.5 Å². The van der Waals surface area contributed by atoms with E-state index >= 15 is 0 Å². The lowest BCUT2D eigenvalue weighted by atomic mass is 9.81. The highest BCUT2D eigenvalue weighted by Crippen LogP contribution is 2.37. The smallest absolute Gasteiger partial charge is 0.0728 e. The van der Waals surface area contributed by atoms with Gasteiger partial charge < -0.3 is 10.5 Å². The van der Waals surface area contributed by atoms with Gasteiger partial charge in [0.1, 0.15) is 0 Å². The van der Waals surface area contributed by atoms with Gasteiger partial charge >= 0.3 is 0 Å². The summed E-state index contributed by atoms with van der Waals surface area (Å²) in [5, 5.41) is 0. The fourth-order valence-electron chi connectivity index (χ4n) is 3.32. The summed E-state index contributed by atoms with van der Waals surface area (Å²) >= 11 is 0. The molecule has 0 amide bonds. The molecule has 2 aliphatic rings. The number of hydrogen-bond donors (Lipinski definition) is 1. The molecule has 0 spiro atoms. The van der Waals surface area contributed by atoms with Crippen LogP contribution in [-0.4, -0.2) is 41.8 Å². The average Bonchev–Trinajstić information content (AvgIpc) is 2.57. The van der Waals surface area contributed by atoms with Crippen molar-refractivity contribution in [1.29, 1.82) is 0 Å². The van der Waals surface area contributed by atoms with Crippen molar-refractivity contribution < 1.29 is 4.74 Å². The Hall–Kier alpha value is -0.120. The van der Waals surface area contributed by atoms with Gasteiger partial charge in [-0.05, 0) is 39.5 Å². The van der Waals surface area contributed by atoms with Crippen LogP contribution in [0.5, 0.6) is 0 Å². The minimum atomic E-state index is 0.216. The monoisotopic (exact) mass is 226 g/mol. The fraction of sp³-hybridized carbons (Fsp3) is 1.00. The first kappa shape index (κ1) is 12.3. The number of hydrogen-bond acceptors (Lipinski definition) is 3. The average molecular weight is 226 g/mol. The first-order valence-electron chi connectivity index (χ1n) is 6.60. The molecule has 94 valence electrons. The fourth-order valence-corrected chi connectivity index (χ4v) is 3.32. The van der Waals surface area contributed by atoms with Gasteiger partial charge in [-0.3, -0.25) is 4.90 Å². The van der Waals surface area contributed by atoms with Crippen molar-refractivity contribution in [3.63, 3.8) is 0 Å². The van der Waals surface area contributed by atoms with Crippen LogP contribution in [0.25, 0.3) is 0 Å². The molecule has 0 aromatic rings. The zero-order chi connectivity index (χ0) is 11.9. The Morgan fingerprint density at radius 3 is 2.56 bits per heavy atom. The zero-order valence-corrected chi connectivity index (χ0v) is 11.1. The standard InChI is InChI=1S/C13H26N2O/c1-9-10(2)15(7-5-12(9)14)13(4)6-8-16-11(13)3/h9-12H,5-8,14H2,1-4H3. The molecule has 0 radical (unpaired) electrons. The molecule has 0 saturated carbocycles. The maximum Gasteiger partial charge on any atom is 0.0728 e. The van der Waals surface area contributed by atoms with E-state index in [9.17, 15) is 0 Å². The second-order valence-corrected chi connectivity index (χ2v) is 5.87. The first-order valence-corrected chi connectivity index (χ1v) is 6.60. The van der Waals surface area contributed by atoms with Gasteiger partial charge in [0.25, 0.3) is 0 Å². The molecule has 16 heavy (non-hydrogen) atoms. The second-order valence-electron chi connectivity index (χ2n) is 5.87. The van der Waals surface area contributed by atoms with Crippen LogP contribution in [0.15, 0.2) is 0 Å². The van der Waals surface area contributed by atoms with Gasteiger partial charge in [0.15, 0.2) is 0 Å². The molecule has 2 fully saturated rings. The molecule has 2 rings (SSSR count). The summed E-state index contributed by atoms with van der Waals surface area (Å²) in [5.74, 6) is 0.582. The number of nitrogens with zero attached hydrogens (tertiary/aromatic N) is 1. The normalized spacial score (nSPS) is 50.8. The molecule has 5 atom stereocenters. The van der Waals surface area contributed by atoms with Gasteiger partial charge in [-0.2, -0.15) is 0 Å². The van der Waals surface area contributed by atoms with Gasteiger partial charge in [0.2, 0.25) is 0 Å². The summed E-state index contributed by atoms with van der Waals surface area (Å²) in [4.78, 5) is 2.64. The van der Waals surface area contributed by atoms with Gasteiger partial charge in [-0.15, -0.1) is 0 Å². The third kappa shape index (κ3) is 1.79. The third-order valence-corrected chi connectivity index (χ3v) is 5.14. The van der Waals surface area contributed by atoms with Crippen molar-refractivity contribution in [1.82, 2.24) is 4.90 Å². The molecule has 3 nitrogen and oxygen atoms in total. The molecule has 0 aromatic carbocycles. The molecule has 2 N–H and O–H groups in total. The quantitative estimate of drug-likeness (QED) is 0.738. The SMILES string of the molecule is CC1C(N)CCN(C2(C)CCOC2C)C1C. The maximum atomic E-state index is 6.15. The van der Waals surface area contributed by atoms with Gasteiger partial charge in [-0.1, -0.05) is 6.92 Å². The lowest BCUT2D eigenvalue weighted by Crippen LogP contribution is -2.62. The molecular formula is C13H26N2O. The van der Waals surface area contributed by atoms with Gasteiger partial charge in [-0.25, -0.2) is 0 Å². The predicted octanol–water partition coefficient (Wildman–Crippen LogP) is 1.61. The second kappa shape index (κ2) is 4.28. The molecule has 3 heteroatoms. The summed E-state index contributed by atoms with van der Waals surface area (Å²) in [5.41, 5.74) is 6.37. The van der Waals surface area contributed by atoms with E-state index in [1.807, 2.05) is 0 Å². The van der Waals surface area contributed by atoms with Crippen LogP contribution in [0.3, 0.4) is 0 Å². The lowest BCUT2D eigenvalue weighted by molar-refractivity contribution is -0.0357. The van der Waals surface area contributed by atoms with Gasteiger partial charge in [0.05, 0.1) is 6.10 Å². The largest absolute Gasteiger partial charge is 0.377 e. The van der Waals surface area contributed by atoms with Crippen LogP contribution in [0.4, 0.5) is 0 Å². The highest BCUT2D eigenvalue weighted by Gasteiger charge is 2.46. The third-order valence-electron chi connectivity index (χ3n) is 5.14. The summed E-state index contributed by atoms with van der Waals surface area (Å²) < 4.78 is 5.76. The molecule has 2 saturated heterocycles. The Kier molecular flexibility index (Phi) is 3.30. The molecule has 0 aliphatic carbocycles. The van der Waals surface area contributed by atoms with E-state index in [1.165, 1.54) is 0 Å². The van der Waals surface area contributed by atoms with Crippen molar-refractivity contribution >= 4 is 0 Å². The van der Waals surface area contributed by atoms with Crippen LogP contribution >= 0.6 is 0 Å². The minimum absolute atomic E-state index is 0.216. The molecule has 0 aromatic heterocycles. The van der Waals surface area contributed by atoms with E-state index in [-0.39, 0.29) is 5.54 Å². The van der Waals surface area contributed by atoms with Crippen molar-refractivity contribution in [2.75, 3.05) is 13.2 Å². The molecular weight excluding hydrogens is 200 g/mol. The summed E-state index contributed by atoms with van der Waals surface area (Å²) in [6.45, 7) is 11.2. The van der Waals surface area contributed by atoms with Crippen LogP contribution in [0.2, 0.25) is 0 Å². The number of likely N-dealkylation sites (tertiary alicyclic amines) is 1. The predicted molar refractivity (Wildman–Crippen MR) is 66.4 cm³/mol. The Bertz CT molecular complexity index is 258. The van der Waals surface area contributed by atoms with Crippen molar-refractivity contribution in [3.05, 3.63) is 0 Å². The Labute approximate surface area is 99.3 Å². The van der Waals surface area contributed by atoms with Crippen molar-refractivity contribution in [2.24, 2.45) is 11.7 Å². The van der Waals surface area contributed by atoms with E-state index in [0.29, 0.717) is 24.1 Å². The van der Waals surface area contributed by atoms with Crippen molar-refractivity contribution in [2.45, 2.75) is 64.3 Å². The van der Waals surface area contributed by atoms with Crippen LogP contribution < -0.4 is 5.73 Å². The highest BCUT2D eigenvalue weighted by molar-refractivity contribution is 5.01. The minimum Gasteiger partial charge on any atom is -0.377 e. The van der Waals surface area contributed by atoms with E-state index in [0.717, 1.165) is 26.0 Å². The highest BCUT2D eigenvalue weighted by atomic mass is 16.5. The van der Waals surface area contributed by atoms with Gasteiger partial charge in [0, 0.05) is 30.8 Å². The molecule has 2 aliphatic heterocycles. The topological polar surface area (TPSA) is 38.5 Å². The summed E-state index contributed by atoms with van der Waals surface area (Å²) in [7, 11) is 0. The summed E-state index contributed by atoms with van der Waals surface area (Å²) in [6.07, 6.45) is 2.62. The first-order chi connectivity index (χ1) is 7.47.